The molecule has 0 heterocycles. The predicted octanol–water partition coefficient (Wildman–Crippen LogP) is 3.35. The van der Waals surface area contributed by atoms with Gasteiger partial charge in [0.05, 0.1) is 6.04 Å². The largest absolute Gasteiger partial charge is 0.463 e. The maximum Gasteiger partial charge on any atom is 0.407 e. The molecular formula is C17H18ClNO4. The normalized spacial score (nSPS) is 13.0. The third-order valence-corrected chi connectivity index (χ3v) is 3.31. The van der Waals surface area contributed by atoms with Gasteiger partial charge in [-0.1, -0.05) is 41.9 Å². The van der Waals surface area contributed by atoms with Gasteiger partial charge in [-0.3, -0.25) is 0 Å². The maximum atomic E-state index is 11.7. The number of rotatable bonds is 6. The lowest BCUT2D eigenvalue weighted by molar-refractivity contribution is -0.0407. The average Bonchev–Trinajstić information content (AvgIpc) is 2.56. The number of carbonyl (C=O) groups excluding carboxylic acids is 1. The highest BCUT2D eigenvalue weighted by Crippen LogP contribution is 2.17. The van der Waals surface area contributed by atoms with Gasteiger partial charge in [-0.25, -0.2) is 4.79 Å². The van der Waals surface area contributed by atoms with Crippen LogP contribution in [0.1, 0.15) is 12.5 Å². The van der Waals surface area contributed by atoms with E-state index in [1.165, 1.54) is 0 Å². The maximum absolute atomic E-state index is 11.7. The van der Waals surface area contributed by atoms with E-state index >= 15 is 0 Å². The van der Waals surface area contributed by atoms with E-state index in [9.17, 15) is 9.90 Å². The fourth-order valence-corrected chi connectivity index (χ4v) is 1.90. The Morgan fingerprint density at radius 2 is 1.83 bits per heavy atom. The van der Waals surface area contributed by atoms with Crippen molar-refractivity contribution in [3.63, 3.8) is 0 Å². The molecule has 2 rings (SSSR count). The van der Waals surface area contributed by atoms with Gasteiger partial charge in [0.1, 0.15) is 12.4 Å². The van der Waals surface area contributed by atoms with Crippen molar-refractivity contribution in [1.82, 2.24) is 5.32 Å². The molecule has 2 aromatic carbocycles. The molecule has 0 aromatic heterocycles. The number of ether oxygens (including phenoxy) is 2. The second-order valence-electron chi connectivity index (χ2n) is 4.96. The van der Waals surface area contributed by atoms with Gasteiger partial charge >= 0.3 is 6.09 Å². The van der Waals surface area contributed by atoms with Gasteiger partial charge in [0.25, 0.3) is 0 Å². The summed E-state index contributed by atoms with van der Waals surface area (Å²) in [4.78, 5) is 11.7. The number of aliphatic hydroxyl groups is 1. The molecule has 0 fully saturated rings. The summed E-state index contributed by atoms with van der Waals surface area (Å²) in [5, 5.41) is 13.0. The molecule has 1 unspecified atom stereocenters. The van der Waals surface area contributed by atoms with Crippen LogP contribution in [-0.4, -0.2) is 23.5 Å². The summed E-state index contributed by atoms with van der Waals surface area (Å²) in [6, 6.07) is 15.2. The van der Waals surface area contributed by atoms with Crippen LogP contribution in [0.3, 0.4) is 0 Å². The van der Waals surface area contributed by atoms with Crippen molar-refractivity contribution in [2.75, 3.05) is 0 Å². The second-order valence-corrected chi connectivity index (χ2v) is 5.39. The van der Waals surface area contributed by atoms with Crippen molar-refractivity contribution < 1.29 is 19.4 Å². The quantitative estimate of drug-likeness (QED) is 0.794. The van der Waals surface area contributed by atoms with E-state index in [-0.39, 0.29) is 6.61 Å². The number of carbonyl (C=O) groups is 1. The zero-order chi connectivity index (χ0) is 16.7. The molecule has 23 heavy (non-hydrogen) atoms. The monoisotopic (exact) mass is 335 g/mol. The van der Waals surface area contributed by atoms with Crippen LogP contribution in [0.5, 0.6) is 5.75 Å². The van der Waals surface area contributed by atoms with Crippen LogP contribution in [0.15, 0.2) is 54.6 Å². The molecule has 122 valence electrons. The lowest BCUT2D eigenvalue weighted by atomic mass is 10.2. The summed E-state index contributed by atoms with van der Waals surface area (Å²) in [5.74, 6) is 0.452. The molecule has 0 saturated carbocycles. The minimum Gasteiger partial charge on any atom is -0.463 e. The van der Waals surface area contributed by atoms with E-state index in [0.29, 0.717) is 10.8 Å². The van der Waals surface area contributed by atoms with Crippen LogP contribution in [0, 0.1) is 0 Å². The van der Waals surface area contributed by atoms with Crippen LogP contribution in [0.4, 0.5) is 4.79 Å². The summed E-state index contributed by atoms with van der Waals surface area (Å²) in [6.45, 7) is 1.78. The van der Waals surface area contributed by atoms with Gasteiger partial charge in [-0.15, -0.1) is 0 Å². The van der Waals surface area contributed by atoms with E-state index < -0.39 is 18.4 Å². The number of halogens is 1. The number of aliphatic hydroxyl groups excluding tert-OH is 1. The van der Waals surface area contributed by atoms with E-state index in [1.54, 1.807) is 31.2 Å². The van der Waals surface area contributed by atoms with Crippen molar-refractivity contribution in [2.24, 2.45) is 0 Å². The molecule has 6 heteroatoms. The molecule has 0 aliphatic heterocycles. The van der Waals surface area contributed by atoms with Gasteiger partial charge in [0.2, 0.25) is 6.29 Å². The van der Waals surface area contributed by atoms with Gasteiger partial charge in [-0.05, 0) is 36.8 Å². The Morgan fingerprint density at radius 3 is 2.48 bits per heavy atom. The zero-order valence-electron chi connectivity index (χ0n) is 12.6. The SMILES string of the molecule is CC(NC(=O)OCc1ccccc1)[C@H](O)Oc1ccc(Cl)cc1. The smallest absolute Gasteiger partial charge is 0.407 e. The van der Waals surface area contributed by atoms with Crippen LogP contribution < -0.4 is 10.1 Å². The van der Waals surface area contributed by atoms with Crippen molar-refractivity contribution >= 4 is 17.7 Å². The van der Waals surface area contributed by atoms with Crippen LogP contribution in [-0.2, 0) is 11.3 Å². The third kappa shape index (κ3) is 5.81. The number of amides is 1. The number of hydrogen-bond donors (Lipinski definition) is 2. The zero-order valence-corrected chi connectivity index (χ0v) is 13.4. The Labute approximate surface area is 139 Å². The van der Waals surface area contributed by atoms with Crippen LogP contribution in [0.25, 0.3) is 0 Å². The molecule has 1 amide bonds. The first-order valence-electron chi connectivity index (χ1n) is 7.12. The second kappa shape index (κ2) is 8.41. The predicted molar refractivity (Wildman–Crippen MR) is 87.3 cm³/mol. The van der Waals surface area contributed by atoms with E-state index in [1.807, 2.05) is 30.3 Å². The Hall–Kier alpha value is -2.24. The minimum absolute atomic E-state index is 0.160. The lowest BCUT2D eigenvalue weighted by Gasteiger charge is -2.21. The fourth-order valence-electron chi connectivity index (χ4n) is 1.78. The van der Waals surface area contributed by atoms with E-state index in [0.717, 1.165) is 5.56 Å². The number of nitrogens with one attached hydrogen (secondary N) is 1. The van der Waals surface area contributed by atoms with Crippen molar-refractivity contribution in [3.8, 4) is 5.75 Å². The minimum atomic E-state index is -1.21. The van der Waals surface area contributed by atoms with Crippen molar-refractivity contribution in [3.05, 3.63) is 65.2 Å². The molecule has 0 saturated heterocycles. The molecular weight excluding hydrogens is 318 g/mol. The van der Waals surface area contributed by atoms with E-state index in [2.05, 4.69) is 5.32 Å². The first-order chi connectivity index (χ1) is 11.0. The fraction of sp³-hybridized carbons (Fsp3) is 0.235. The average molecular weight is 336 g/mol. The highest BCUT2D eigenvalue weighted by atomic mass is 35.5. The summed E-state index contributed by atoms with van der Waals surface area (Å²) in [6.07, 6.45) is -1.83. The molecule has 0 aliphatic rings. The molecule has 0 spiro atoms. The topological polar surface area (TPSA) is 67.8 Å². The summed E-state index contributed by atoms with van der Waals surface area (Å²) >= 11 is 5.77. The Kier molecular flexibility index (Phi) is 6.26. The van der Waals surface area contributed by atoms with Gasteiger partial charge in [0.15, 0.2) is 0 Å². The third-order valence-electron chi connectivity index (χ3n) is 3.06. The Balaban J connectivity index is 1.77. The summed E-state index contributed by atoms with van der Waals surface area (Å²) in [5.41, 5.74) is 0.883. The number of alkyl carbamates (subject to hydrolysis) is 1. The lowest BCUT2D eigenvalue weighted by Crippen LogP contribution is -2.44. The molecule has 5 nitrogen and oxygen atoms in total. The standard InChI is InChI=1S/C17H18ClNO4/c1-12(16(20)23-15-9-7-14(18)8-10-15)19-17(21)22-11-13-5-3-2-4-6-13/h2-10,12,16,20H,11H2,1H3,(H,19,21)/t12?,16-/m1/s1. The molecule has 2 N–H and O–H groups in total. The van der Waals surface area contributed by atoms with Crippen LogP contribution in [0.2, 0.25) is 5.02 Å². The molecule has 2 aromatic rings. The van der Waals surface area contributed by atoms with Crippen LogP contribution >= 0.6 is 11.6 Å². The molecule has 0 radical (unpaired) electrons. The number of hydrogen-bond acceptors (Lipinski definition) is 4. The Morgan fingerprint density at radius 1 is 1.17 bits per heavy atom. The van der Waals surface area contributed by atoms with Gasteiger partial charge in [-0.2, -0.15) is 0 Å². The summed E-state index contributed by atoms with van der Waals surface area (Å²) < 4.78 is 10.4. The highest BCUT2D eigenvalue weighted by Gasteiger charge is 2.19. The summed E-state index contributed by atoms with van der Waals surface area (Å²) in [7, 11) is 0. The van der Waals surface area contributed by atoms with E-state index in [4.69, 9.17) is 21.1 Å². The Bertz CT molecular complexity index is 618. The van der Waals surface area contributed by atoms with Gasteiger partial charge < -0.3 is 19.9 Å². The highest BCUT2D eigenvalue weighted by molar-refractivity contribution is 6.30. The van der Waals surface area contributed by atoms with Crippen molar-refractivity contribution in [2.45, 2.75) is 25.9 Å². The molecule has 0 bridgehead atoms. The molecule has 0 aliphatic carbocycles. The van der Waals surface area contributed by atoms with Gasteiger partial charge in [0, 0.05) is 5.02 Å². The first kappa shape index (κ1) is 17.1. The first-order valence-corrected chi connectivity index (χ1v) is 7.50. The van der Waals surface area contributed by atoms with Crippen molar-refractivity contribution in [1.29, 1.82) is 0 Å². The molecule has 2 atom stereocenters. The number of benzene rings is 2.